The number of piperidine rings is 1. The Morgan fingerprint density at radius 1 is 1.56 bits per heavy atom. The van der Waals surface area contributed by atoms with E-state index in [-0.39, 0.29) is 5.91 Å². The van der Waals surface area contributed by atoms with Crippen molar-refractivity contribution in [3.05, 3.63) is 0 Å². The van der Waals surface area contributed by atoms with Crippen molar-refractivity contribution in [1.29, 1.82) is 0 Å². The van der Waals surface area contributed by atoms with E-state index in [9.17, 15) is 4.79 Å². The van der Waals surface area contributed by atoms with Crippen molar-refractivity contribution in [3.63, 3.8) is 0 Å². The van der Waals surface area contributed by atoms with Crippen LogP contribution in [-0.4, -0.2) is 37.2 Å². The second-order valence-electron chi connectivity index (χ2n) is 4.98. The first-order valence-corrected chi connectivity index (χ1v) is 6.38. The number of hydrogen-bond acceptors (Lipinski definition) is 3. The van der Waals surface area contributed by atoms with E-state index >= 15 is 0 Å². The highest BCUT2D eigenvalue weighted by molar-refractivity contribution is 5.76. The molecule has 3 atom stereocenters. The molecule has 1 amide bonds. The minimum absolute atomic E-state index is 0.185. The summed E-state index contributed by atoms with van der Waals surface area (Å²) in [4.78, 5) is 11.0. The second-order valence-corrected chi connectivity index (χ2v) is 4.98. The third-order valence-electron chi connectivity index (χ3n) is 3.43. The number of hydrogen-bond donors (Lipinski definition) is 2. The van der Waals surface area contributed by atoms with Gasteiger partial charge in [-0.1, -0.05) is 0 Å². The van der Waals surface area contributed by atoms with Gasteiger partial charge in [0.25, 0.3) is 0 Å². The Bertz CT molecular complexity index is 229. The van der Waals surface area contributed by atoms with Crippen molar-refractivity contribution in [2.24, 2.45) is 0 Å². The van der Waals surface area contributed by atoms with Crippen LogP contribution in [0.5, 0.6) is 0 Å². The quantitative estimate of drug-likeness (QED) is 0.746. The maximum Gasteiger partial charge on any atom is 0.220 e. The maximum absolute atomic E-state index is 11.0. The molecule has 2 heterocycles. The van der Waals surface area contributed by atoms with Crippen LogP contribution in [0.1, 0.15) is 39.0 Å². The van der Waals surface area contributed by atoms with Gasteiger partial charge < -0.3 is 15.4 Å². The van der Waals surface area contributed by atoms with Gasteiger partial charge in [0.2, 0.25) is 5.91 Å². The fourth-order valence-corrected chi connectivity index (χ4v) is 2.57. The van der Waals surface area contributed by atoms with Crippen LogP contribution in [0, 0.1) is 0 Å². The van der Waals surface area contributed by atoms with Crippen LogP contribution in [0.2, 0.25) is 0 Å². The minimum Gasteiger partial charge on any atom is -0.378 e. The number of rotatable bonds is 4. The topological polar surface area (TPSA) is 50.4 Å². The zero-order valence-corrected chi connectivity index (χ0v) is 10.00. The second kappa shape index (κ2) is 5.64. The van der Waals surface area contributed by atoms with E-state index in [2.05, 4.69) is 17.6 Å². The van der Waals surface area contributed by atoms with Crippen molar-refractivity contribution in [2.45, 2.75) is 57.2 Å². The first-order chi connectivity index (χ1) is 7.74. The van der Waals surface area contributed by atoms with E-state index < -0.39 is 0 Å². The van der Waals surface area contributed by atoms with Crippen LogP contribution in [0.4, 0.5) is 0 Å². The van der Waals surface area contributed by atoms with Crippen LogP contribution in [0.25, 0.3) is 0 Å². The molecule has 2 fully saturated rings. The summed E-state index contributed by atoms with van der Waals surface area (Å²) in [6.07, 6.45) is 5.56. The molecule has 2 aliphatic rings. The number of carbonyl (C=O) groups excluding carboxylic acids is 1. The number of amides is 1. The minimum atomic E-state index is 0.185. The van der Waals surface area contributed by atoms with Crippen LogP contribution in [0.15, 0.2) is 0 Å². The highest BCUT2D eigenvalue weighted by Crippen LogP contribution is 2.17. The van der Waals surface area contributed by atoms with Gasteiger partial charge in [-0.3, -0.25) is 4.79 Å². The van der Waals surface area contributed by atoms with Crippen LogP contribution in [0.3, 0.4) is 0 Å². The lowest BCUT2D eigenvalue weighted by atomic mass is 10.0. The highest BCUT2D eigenvalue weighted by atomic mass is 16.5. The lowest BCUT2D eigenvalue weighted by Crippen LogP contribution is -2.49. The fraction of sp³-hybridized carbons (Fsp3) is 0.917. The van der Waals surface area contributed by atoms with Crippen LogP contribution < -0.4 is 10.6 Å². The summed E-state index contributed by atoms with van der Waals surface area (Å²) in [6.45, 7) is 3.91. The Morgan fingerprint density at radius 3 is 3.06 bits per heavy atom. The number of carbonyl (C=O) groups is 1. The molecule has 0 radical (unpaired) electrons. The molecular weight excluding hydrogens is 204 g/mol. The van der Waals surface area contributed by atoms with Gasteiger partial charge in [-0.25, -0.2) is 0 Å². The highest BCUT2D eigenvalue weighted by Gasteiger charge is 2.22. The average Bonchev–Trinajstić information content (AvgIpc) is 2.74. The molecule has 3 unspecified atom stereocenters. The van der Waals surface area contributed by atoms with Crippen molar-refractivity contribution >= 4 is 5.91 Å². The van der Waals surface area contributed by atoms with E-state index in [0.29, 0.717) is 24.6 Å². The summed E-state index contributed by atoms with van der Waals surface area (Å²) in [5.41, 5.74) is 0. The molecule has 2 aliphatic heterocycles. The molecule has 2 saturated heterocycles. The molecule has 0 bridgehead atoms. The van der Waals surface area contributed by atoms with Crippen molar-refractivity contribution in [2.75, 3.05) is 13.2 Å². The molecule has 0 aromatic carbocycles. The van der Waals surface area contributed by atoms with Gasteiger partial charge in [0.05, 0.1) is 6.10 Å². The molecule has 2 rings (SSSR count). The normalized spacial score (nSPS) is 32.4. The van der Waals surface area contributed by atoms with Gasteiger partial charge in [0.1, 0.15) is 0 Å². The van der Waals surface area contributed by atoms with Crippen LogP contribution >= 0.6 is 0 Å². The molecule has 0 spiro atoms. The van der Waals surface area contributed by atoms with Gasteiger partial charge >= 0.3 is 0 Å². The molecule has 16 heavy (non-hydrogen) atoms. The lowest BCUT2D eigenvalue weighted by Gasteiger charge is -2.28. The zero-order chi connectivity index (χ0) is 11.4. The van der Waals surface area contributed by atoms with Crippen LogP contribution in [-0.2, 0) is 9.53 Å². The third-order valence-corrected chi connectivity index (χ3v) is 3.43. The molecule has 4 heteroatoms. The third kappa shape index (κ3) is 3.46. The first kappa shape index (κ1) is 11.9. The average molecular weight is 226 g/mol. The van der Waals surface area contributed by atoms with Crippen molar-refractivity contribution in [3.8, 4) is 0 Å². The Hall–Kier alpha value is -0.610. The van der Waals surface area contributed by atoms with Crippen molar-refractivity contribution < 1.29 is 9.53 Å². The molecule has 92 valence electrons. The van der Waals surface area contributed by atoms with E-state index in [1.54, 1.807) is 0 Å². The molecule has 0 saturated carbocycles. The predicted octanol–water partition coefficient (Wildman–Crippen LogP) is 0.812. The molecule has 0 aromatic heterocycles. The SMILES string of the molecule is CC(CC1CCCO1)NC1CCC(=O)NC1. The number of nitrogens with one attached hydrogen (secondary N) is 2. The van der Waals surface area contributed by atoms with E-state index in [4.69, 9.17) is 4.74 Å². The van der Waals surface area contributed by atoms with Gasteiger partial charge in [-0.15, -0.1) is 0 Å². The Labute approximate surface area is 97.1 Å². The summed E-state index contributed by atoms with van der Waals surface area (Å²) < 4.78 is 5.62. The summed E-state index contributed by atoms with van der Waals surface area (Å²) >= 11 is 0. The van der Waals surface area contributed by atoms with Gasteiger partial charge in [-0.2, -0.15) is 0 Å². The Kier molecular flexibility index (Phi) is 4.18. The first-order valence-electron chi connectivity index (χ1n) is 6.38. The van der Waals surface area contributed by atoms with E-state index in [1.807, 2.05) is 0 Å². The van der Waals surface area contributed by atoms with Gasteiger partial charge in [0.15, 0.2) is 0 Å². The summed E-state index contributed by atoms with van der Waals surface area (Å²) in [6, 6.07) is 0.914. The van der Waals surface area contributed by atoms with E-state index in [1.165, 1.54) is 12.8 Å². The smallest absolute Gasteiger partial charge is 0.220 e. The lowest BCUT2D eigenvalue weighted by molar-refractivity contribution is -0.122. The zero-order valence-electron chi connectivity index (χ0n) is 10.00. The Morgan fingerprint density at radius 2 is 2.44 bits per heavy atom. The maximum atomic E-state index is 11.0. The number of ether oxygens (including phenoxy) is 1. The standard InChI is InChI=1S/C12H22N2O2/c1-9(7-11-3-2-6-16-11)14-10-4-5-12(15)13-8-10/h9-11,14H,2-8H2,1H3,(H,13,15). The molecule has 4 nitrogen and oxygen atoms in total. The molecule has 0 aromatic rings. The molecule has 2 N–H and O–H groups in total. The van der Waals surface area contributed by atoms with Gasteiger partial charge in [0, 0.05) is 31.7 Å². The largest absolute Gasteiger partial charge is 0.378 e. The van der Waals surface area contributed by atoms with Crippen molar-refractivity contribution in [1.82, 2.24) is 10.6 Å². The monoisotopic (exact) mass is 226 g/mol. The Balaban J connectivity index is 1.66. The summed E-state index contributed by atoms with van der Waals surface area (Å²) in [5.74, 6) is 0.185. The summed E-state index contributed by atoms with van der Waals surface area (Å²) in [5, 5.41) is 6.47. The van der Waals surface area contributed by atoms with Gasteiger partial charge in [-0.05, 0) is 32.6 Å². The van der Waals surface area contributed by atoms with E-state index in [0.717, 1.165) is 26.0 Å². The molecule has 0 aliphatic carbocycles. The predicted molar refractivity (Wildman–Crippen MR) is 62.2 cm³/mol. The molecular formula is C12H22N2O2. The summed E-state index contributed by atoms with van der Waals surface area (Å²) in [7, 11) is 0. The fourth-order valence-electron chi connectivity index (χ4n) is 2.57.